The van der Waals surface area contributed by atoms with Crippen molar-refractivity contribution in [2.45, 2.75) is 11.8 Å². The molecule has 72 valence electrons. The second-order valence-corrected chi connectivity index (χ2v) is 4.91. The molecule has 4 heteroatoms. The van der Waals surface area contributed by atoms with Gasteiger partial charge in [-0.05, 0) is 23.3 Å². The van der Waals surface area contributed by atoms with Crippen molar-refractivity contribution in [2.24, 2.45) is 5.73 Å². The highest BCUT2D eigenvalue weighted by molar-refractivity contribution is 9.10. The third kappa shape index (κ3) is 2.40. The molecule has 0 aliphatic carbocycles. The summed E-state index contributed by atoms with van der Waals surface area (Å²) >= 11 is 5.37. The average Bonchev–Trinajstić information content (AvgIpc) is 2.07. The van der Waals surface area contributed by atoms with Crippen LogP contribution in [0.2, 0.25) is 0 Å². The normalized spacial score (nSPS) is 20.3. The zero-order valence-electron chi connectivity index (χ0n) is 7.00. The van der Waals surface area contributed by atoms with Gasteiger partial charge in [-0.3, -0.25) is 0 Å². The Morgan fingerprint density at radius 1 is 1.46 bits per heavy atom. The Morgan fingerprint density at radius 3 is 3.00 bits per heavy atom. The van der Waals surface area contributed by atoms with Gasteiger partial charge in [-0.15, -0.1) is 12.4 Å². The number of fused-ring (bicyclic) bond motifs is 1. The summed E-state index contributed by atoms with van der Waals surface area (Å²) in [6.45, 7) is 0. The van der Waals surface area contributed by atoms with Gasteiger partial charge in [-0.2, -0.15) is 11.8 Å². The molecular weight excluding hydrogens is 270 g/mol. The number of halogens is 2. The van der Waals surface area contributed by atoms with Gasteiger partial charge in [-0.1, -0.05) is 22.0 Å². The van der Waals surface area contributed by atoms with Crippen molar-refractivity contribution in [3.05, 3.63) is 33.8 Å². The van der Waals surface area contributed by atoms with Gasteiger partial charge < -0.3 is 5.73 Å². The molecular formula is C9H11BrClNS. The van der Waals surface area contributed by atoms with Crippen LogP contribution < -0.4 is 5.73 Å². The molecule has 1 heterocycles. The van der Waals surface area contributed by atoms with E-state index in [1.165, 1.54) is 11.1 Å². The van der Waals surface area contributed by atoms with Crippen molar-refractivity contribution in [3.63, 3.8) is 0 Å². The summed E-state index contributed by atoms with van der Waals surface area (Å²) in [5.41, 5.74) is 8.67. The first kappa shape index (κ1) is 11.4. The second-order valence-electron chi connectivity index (χ2n) is 2.96. The van der Waals surface area contributed by atoms with Crippen LogP contribution in [-0.4, -0.2) is 5.75 Å². The van der Waals surface area contributed by atoms with Gasteiger partial charge >= 0.3 is 0 Å². The Labute approximate surface area is 97.0 Å². The van der Waals surface area contributed by atoms with Gasteiger partial charge in [0, 0.05) is 22.0 Å². The molecule has 2 rings (SSSR count). The number of hydrogen-bond donors (Lipinski definition) is 1. The standard InChI is InChI=1S/C9H10BrNS.ClH/c10-7-2-1-6-4-12-5-9(11)8(6)3-7;/h1-3,9H,4-5,11H2;1H. The largest absolute Gasteiger partial charge is 0.323 e. The Bertz CT molecular complexity index is 306. The summed E-state index contributed by atoms with van der Waals surface area (Å²) < 4.78 is 1.13. The van der Waals surface area contributed by atoms with Gasteiger partial charge in [0.05, 0.1) is 0 Å². The summed E-state index contributed by atoms with van der Waals surface area (Å²) in [5.74, 6) is 2.15. The molecule has 0 fully saturated rings. The lowest BCUT2D eigenvalue weighted by Crippen LogP contribution is -2.18. The van der Waals surface area contributed by atoms with Crippen LogP contribution in [0, 0.1) is 0 Å². The maximum atomic E-state index is 5.97. The molecule has 1 aromatic rings. The van der Waals surface area contributed by atoms with Crippen molar-refractivity contribution >= 4 is 40.1 Å². The van der Waals surface area contributed by atoms with Gasteiger partial charge in [0.15, 0.2) is 0 Å². The van der Waals surface area contributed by atoms with E-state index in [2.05, 4.69) is 34.1 Å². The molecule has 0 bridgehead atoms. The highest BCUT2D eigenvalue weighted by Gasteiger charge is 2.16. The molecule has 1 unspecified atom stereocenters. The molecule has 1 aliphatic heterocycles. The maximum Gasteiger partial charge on any atom is 0.0390 e. The van der Waals surface area contributed by atoms with E-state index >= 15 is 0 Å². The van der Waals surface area contributed by atoms with Gasteiger partial charge in [0.1, 0.15) is 0 Å². The van der Waals surface area contributed by atoms with Gasteiger partial charge in [0.25, 0.3) is 0 Å². The second kappa shape index (κ2) is 4.69. The average molecular weight is 281 g/mol. The van der Waals surface area contributed by atoms with E-state index in [1.54, 1.807) is 0 Å². The SMILES string of the molecule is Cl.NC1CSCc2ccc(Br)cc21. The minimum absolute atomic E-state index is 0. The van der Waals surface area contributed by atoms with Crippen LogP contribution in [0.3, 0.4) is 0 Å². The van der Waals surface area contributed by atoms with Crippen LogP contribution in [-0.2, 0) is 5.75 Å². The van der Waals surface area contributed by atoms with Crippen LogP contribution in [0.15, 0.2) is 22.7 Å². The first-order valence-corrected chi connectivity index (χ1v) is 5.84. The van der Waals surface area contributed by atoms with E-state index < -0.39 is 0 Å². The van der Waals surface area contributed by atoms with E-state index in [-0.39, 0.29) is 18.4 Å². The molecule has 0 saturated carbocycles. The first-order chi connectivity index (χ1) is 5.77. The molecule has 1 nitrogen and oxygen atoms in total. The van der Waals surface area contributed by atoms with E-state index in [1.807, 2.05) is 11.8 Å². The highest BCUT2D eigenvalue weighted by Crippen LogP contribution is 2.31. The number of rotatable bonds is 0. The van der Waals surface area contributed by atoms with Crippen LogP contribution in [0.4, 0.5) is 0 Å². The Kier molecular flexibility index (Phi) is 4.10. The van der Waals surface area contributed by atoms with Crippen LogP contribution in [0.5, 0.6) is 0 Å². The molecule has 2 N–H and O–H groups in total. The van der Waals surface area contributed by atoms with Gasteiger partial charge in [-0.25, -0.2) is 0 Å². The smallest absolute Gasteiger partial charge is 0.0390 e. The van der Waals surface area contributed by atoms with E-state index in [0.29, 0.717) is 0 Å². The van der Waals surface area contributed by atoms with Crippen LogP contribution in [0.25, 0.3) is 0 Å². The molecule has 1 atom stereocenters. The lowest BCUT2D eigenvalue weighted by molar-refractivity contribution is 0.808. The van der Waals surface area contributed by atoms with Crippen molar-refractivity contribution in [1.82, 2.24) is 0 Å². The Morgan fingerprint density at radius 2 is 2.23 bits per heavy atom. The van der Waals surface area contributed by atoms with Crippen molar-refractivity contribution < 1.29 is 0 Å². The molecule has 0 spiro atoms. The molecule has 0 aromatic heterocycles. The first-order valence-electron chi connectivity index (χ1n) is 3.89. The number of benzene rings is 1. The Hall–Kier alpha value is 0.300. The fourth-order valence-electron chi connectivity index (χ4n) is 1.43. The summed E-state index contributed by atoms with van der Waals surface area (Å²) in [4.78, 5) is 0. The summed E-state index contributed by atoms with van der Waals surface area (Å²) in [5, 5.41) is 0. The highest BCUT2D eigenvalue weighted by atomic mass is 79.9. The molecule has 1 aliphatic rings. The molecule has 0 amide bonds. The zero-order valence-corrected chi connectivity index (χ0v) is 10.2. The fourth-order valence-corrected chi connectivity index (χ4v) is 2.84. The van der Waals surface area contributed by atoms with Crippen LogP contribution >= 0.6 is 40.1 Å². The lowest BCUT2D eigenvalue weighted by Gasteiger charge is -2.21. The molecule has 0 radical (unpaired) electrons. The third-order valence-corrected chi connectivity index (χ3v) is 3.67. The zero-order chi connectivity index (χ0) is 8.55. The van der Waals surface area contributed by atoms with Crippen molar-refractivity contribution in [1.29, 1.82) is 0 Å². The molecule has 1 aromatic carbocycles. The summed E-state index contributed by atoms with van der Waals surface area (Å²) in [7, 11) is 0. The predicted molar refractivity (Wildman–Crippen MR) is 64.5 cm³/mol. The molecule has 0 saturated heterocycles. The van der Waals surface area contributed by atoms with E-state index in [0.717, 1.165) is 16.0 Å². The number of nitrogens with two attached hydrogens (primary N) is 1. The predicted octanol–water partition coefficient (Wildman–Crippen LogP) is 3.12. The summed E-state index contributed by atoms with van der Waals surface area (Å²) in [6.07, 6.45) is 0. The minimum atomic E-state index is 0. The third-order valence-electron chi connectivity index (χ3n) is 2.06. The van der Waals surface area contributed by atoms with Crippen molar-refractivity contribution in [2.75, 3.05) is 5.75 Å². The number of hydrogen-bond acceptors (Lipinski definition) is 2. The lowest BCUT2D eigenvalue weighted by atomic mass is 10.0. The fraction of sp³-hybridized carbons (Fsp3) is 0.333. The van der Waals surface area contributed by atoms with Crippen LogP contribution in [0.1, 0.15) is 17.2 Å². The van der Waals surface area contributed by atoms with Crippen molar-refractivity contribution in [3.8, 4) is 0 Å². The Balaban J connectivity index is 0.000000845. The number of thioether (sulfide) groups is 1. The quantitative estimate of drug-likeness (QED) is 0.790. The monoisotopic (exact) mass is 279 g/mol. The summed E-state index contributed by atoms with van der Waals surface area (Å²) in [6, 6.07) is 6.60. The van der Waals surface area contributed by atoms with E-state index in [9.17, 15) is 0 Å². The minimum Gasteiger partial charge on any atom is -0.323 e. The van der Waals surface area contributed by atoms with E-state index in [4.69, 9.17) is 5.73 Å². The topological polar surface area (TPSA) is 26.0 Å². The van der Waals surface area contributed by atoms with Gasteiger partial charge in [0.2, 0.25) is 0 Å². The maximum absolute atomic E-state index is 5.97. The molecule has 13 heavy (non-hydrogen) atoms.